The van der Waals surface area contributed by atoms with Crippen molar-refractivity contribution in [1.29, 1.82) is 0 Å². The van der Waals surface area contributed by atoms with Crippen LogP contribution in [0.1, 0.15) is 127 Å². The van der Waals surface area contributed by atoms with E-state index in [0.717, 1.165) is 31.5 Å². The average Bonchev–Trinajstić information content (AvgIpc) is 1.55. The van der Waals surface area contributed by atoms with Gasteiger partial charge in [-0.3, -0.25) is 95.9 Å². The lowest BCUT2D eigenvalue weighted by Gasteiger charge is -2.36. The van der Waals surface area contributed by atoms with Gasteiger partial charge in [-0.2, -0.15) is 0 Å². The number of benzene rings is 3. The number of phenolic OH excluding ortho intramolecular Hbond substituents is 1. The highest BCUT2D eigenvalue weighted by atomic mass is 32.2. The second-order valence-electron chi connectivity index (χ2n) is 33.7. The van der Waals surface area contributed by atoms with Gasteiger partial charge in [-0.25, -0.2) is 0 Å². The molecule has 3 aliphatic heterocycles. The van der Waals surface area contributed by atoms with Crippen LogP contribution in [-0.2, 0) is 122 Å². The van der Waals surface area contributed by atoms with Crippen LogP contribution in [-0.4, -0.2) is 329 Å². The molecule has 0 aliphatic carbocycles. The van der Waals surface area contributed by atoms with E-state index in [0.29, 0.717) is 63.1 Å². The van der Waals surface area contributed by atoms with E-state index in [4.69, 9.17) is 28.7 Å². The average molecular weight is 1900 g/mol. The molecule has 734 valence electrons. The highest BCUT2D eigenvalue weighted by molar-refractivity contribution is 8.00. The number of rotatable bonds is 27. The molecule has 25 N–H and O–H groups in total. The molecule has 47 heteroatoms. The summed E-state index contributed by atoms with van der Waals surface area (Å²) in [5.41, 5.74) is 31.0. The quantitative estimate of drug-likeness (QED) is 0.0233. The predicted molar refractivity (Wildman–Crippen MR) is 486 cm³/mol. The Labute approximate surface area is 780 Å². The zero-order chi connectivity index (χ0) is 99.4. The first-order chi connectivity index (χ1) is 64.1. The topological polar surface area (TPSA) is 710 Å². The summed E-state index contributed by atoms with van der Waals surface area (Å²) >= 11 is 0.657. The van der Waals surface area contributed by atoms with E-state index in [1.807, 2.05) is 0 Å². The number of carbonyl (C=O) groups is 20. The van der Waals surface area contributed by atoms with Gasteiger partial charge in [0.05, 0.1) is 31.2 Å². The molecule has 0 spiro atoms. The van der Waals surface area contributed by atoms with Gasteiger partial charge in [0.2, 0.25) is 106 Å². The monoisotopic (exact) mass is 1900 g/mol. The normalized spacial score (nSPS) is 24.7. The number of hydrogen-bond donors (Lipinski definition) is 20. The zero-order valence-corrected chi connectivity index (χ0v) is 76.7. The van der Waals surface area contributed by atoms with E-state index in [1.165, 1.54) is 56.0 Å². The summed E-state index contributed by atoms with van der Waals surface area (Å²) in [5, 5.41) is 68.1. The van der Waals surface area contributed by atoms with Crippen LogP contribution >= 0.6 is 11.8 Å². The van der Waals surface area contributed by atoms with Crippen LogP contribution in [0.15, 0.2) is 85.2 Å². The third-order valence-electron chi connectivity index (χ3n) is 23.7. The summed E-state index contributed by atoms with van der Waals surface area (Å²) in [5.74, 6) is -23.2. The van der Waals surface area contributed by atoms with E-state index in [2.05, 4.69) is 58.2 Å². The molecule has 15 atom stereocenters. The molecular formula is C88H122N22O24S. The number of phenols is 1. The maximum absolute atomic E-state index is 15.9. The van der Waals surface area contributed by atoms with Crippen LogP contribution in [0, 0.1) is 0 Å². The fourth-order valence-corrected chi connectivity index (χ4v) is 17.2. The van der Waals surface area contributed by atoms with Gasteiger partial charge in [0.25, 0.3) is 0 Å². The molecule has 2 aromatic heterocycles. The minimum Gasteiger partial charge on any atom is -0.508 e. The molecule has 18 amide bonds. The van der Waals surface area contributed by atoms with Crippen molar-refractivity contribution in [2.75, 3.05) is 65.4 Å². The molecule has 3 aliphatic rings. The number of aliphatic carboxylic acids is 2. The van der Waals surface area contributed by atoms with Crippen LogP contribution in [0.3, 0.4) is 0 Å². The Morgan fingerprint density at radius 1 is 0.519 bits per heavy atom. The van der Waals surface area contributed by atoms with Crippen molar-refractivity contribution in [2.24, 2.45) is 28.7 Å². The van der Waals surface area contributed by atoms with Crippen LogP contribution in [0.4, 0.5) is 0 Å². The molecular weight excluding hydrogens is 1780 g/mol. The summed E-state index contributed by atoms with van der Waals surface area (Å²) in [4.78, 5) is 294. The Hall–Kier alpha value is -13.8. The first-order valence-corrected chi connectivity index (χ1v) is 45.5. The summed E-state index contributed by atoms with van der Waals surface area (Å²) in [7, 11) is 3.65. The number of carbonyl (C=O) groups excluding carboxylic acids is 18. The maximum atomic E-state index is 15.9. The van der Waals surface area contributed by atoms with Crippen LogP contribution < -0.4 is 81.8 Å². The SMILES string of the molecule is CCCC[C@H]1C(=O)N(C)[C@@H](CCCC)C(=O)N[C@@H](CC(=O)O)C(=O)N[C@H](C(=O)NCC(N)=O)CSCC(=O)N[C@@H](Cc2ccc(O)cc2)C(=O)N(C)[C@@H](C)C(=O)N[C@@H](CC(N)=O)C(=O)N2CCCC2C(=O)N[C@@H](CN)C(=O)N[C@@H](CCC(N)=O)C(=O)N2C[C@H](O)C[C@H]2C(=O)N[C@@H](Cc2c[nH]c3ccccc23)C(=O)N[C@@H](CCN)C(=O)N[C@@H](Cc2cn(CC(=O)O)c3ccccc23)C(=O)N1C. The van der Waals surface area contributed by atoms with Gasteiger partial charge in [-0.15, -0.1) is 11.8 Å². The second-order valence-corrected chi connectivity index (χ2v) is 34.7. The number of carboxylic acid groups (broad SMARTS) is 2. The second kappa shape index (κ2) is 50.3. The first-order valence-electron chi connectivity index (χ1n) is 44.3. The zero-order valence-electron chi connectivity index (χ0n) is 75.9. The summed E-state index contributed by atoms with van der Waals surface area (Å²) in [6, 6.07) is -4.90. The number of para-hydroxylation sites is 2. The van der Waals surface area contributed by atoms with Gasteiger partial charge < -0.3 is 136 Å². The molecule has 3 fully saturated rings. The number of amides is 18. The molecule has 3 saturated heterocycles. The van der Waals surface area contributed by atoms with E-state index in [1.54, 1.807) is 68.6 Å². The number of nitrogens with zero attached hydrogens (tertiary/aromatic N) is 6. The molecule has 3 aromatic carbocycles. The number of H-pyrrole nitrogens is 1. The molecule has 135 heavy (non-hydrogen) atoms. The minimum atomic E-state index is -2.06. The lowest BCUT2D eigenvalue weighted by atomic mass is 9.99. The Morgan fingerprint density at radius 2 is 1.08 bits per heavy atom. The van der Waals surface area contributed by atoms with Crippen molar-refractivity contribution in [3.8, 4) is 5.75 Å². The number of nitrogens with two attached hydrogens (primary N) is 5. The van der Waals surface area contributed by atoms with Crippen molar-refractivity contribution in [3.63, 3.8) is 0 Å². The fourth-order valence-electron chi connectivity index (χ4n) is 16.3. The van der Waals surface area contributed by atoms with Gasteiger partial charge in [-0.05, 0) is 92.9 Å². The van der Waals surface area contributed by atoms with E-state index < -0.39 is 285 Å². The predicted octanol–water partition coefficient (Wildman–Crippen LogP) is -5.59. The number of thioether (sulfide) groups is 1. The lowest BCUT2D eigenvalue weighted by molar-refractivity contribution is -0.149. The van der Waals surface area contributed by atoms with Crippen molar-refractivity contribution in [2.45, 2.75) is 227 Å². The number of aromatic amines is 1. The number of aromatic nitrogens is 2. The Morgan fingerprint density at radius 3 is 1.73 bits per heavy atom. The molecule has 1 unspecified atom stereocenters. The number of aliphatic hydroxyl groups is 1. The van der Waals surface area contributed by atoms with E-state index in [-0.39, 0.29) is 76.6 Å². The minimum absolute atomic E-state index is 0.0847. The Balaban J connectivity index is 1.21. The standard InChI is InChI=1S/C88H122N22O24S/c1-7-9-19-65-81(127)100-58(37-73(117)118)79(125)104-63(76(122)95-40-71(93)115)44-135-45-72(116)96-59(32-47-23-25-50(111)26-24-47)84(130)105(4)46(3)75(121)101-61(36-70(92)114)87(133)109-31-15-22-66(109)82(128)103-62(38-90)80(126)98-56(27-28-69(91)113)86(132)110-42-51(112)35-68(110)83(129)99-57(33-48-39-94-54-18-13-11-16-52(48)54)78(124)97-55(29-30-89)77(123)102-60(85(131)107(6)67(20-10-8-2)88(134)106(65)5)34-49-41-108(43-74(119)120)64-21-14-12-17-53(49)64/h11-14,16-18,21,23-26,39,41,46,51,55-63,65-68,94,111-112H,7-10,15,19-20,22,27-38,40,42-45,89-90H2,1-6H3,(H2,91,113)(H2,92,114)(H2,93,115)(H,95,122)(H,96,116)(H,97,124)(H,98,126)(H,99,129)(H,100,127)(H,101,121)(H,102,123)(H,103,128)(H,104,125)(H,117,118)(H,119,120)/t46-,51+,55-,56-,57-,58-,59-,60-,61-,62-,63-,65-,66?,67-,68-/m0/s1. The number of hydrogen-bond acceptors (Lipinski definition) is 25. The first kappa shape index (κ1) is 107. The molecule has 5 aromatic rings. The molecule has 0 bridgehead atoms. The number of aromatic hydroxyl groups is 1. The van der Waals surface area contributed by atoms with Gasteiger partial charge in [-0.1, -0.05) is 88.1 Å². The van der Waals surface area contributed by atoms with E-state index >= 15 is 33.6 Å². The van der Waals surface area contributed by atoms with Crippen molar-refractivity contribution < 1.29 is 116 Å². The van der Waals surface area contributed by atoms with Crippen LogP contribution in [0.5, 0.6) is 5.75 Å². The Kier molecular flexibility index (Phi) is 39.7. The van der Waals surface area contributed by atoms with Gasteiger partial charge in [0, 0.05) is 113 Å². The number of likely N-dealkylation sites (N-methyl/N-ethyl adjacent to an activating group) is 3. The summed E-state index contributed by atoms with van der Waals surface area (Å²) in [6.45, 7) is 1.59. The summed E-state index contributed by atoms with van der Waals surface area (Å²) in [6.07, 6.45) is -2.60. The molecule has 46 nitrogen and oxygen atoms in total. The number of aliphatic hydroxyl groups excluding tert-OH is 1. The molecule has 0 radical (unpaired) electrons. The van der Waals surface area contributed by atoms with E-state index in [9.17, 15) is 82.8 Å². The summed E-state index contributed by atoms with van der Waals surface area (Å²) < 4.78 is 1.39. The smallest absolute Gasteiger partial charge is 0.323 e. The molecule has 8 rings (SSSR count). The fraction of sp³-hybridized carbons (Fsp3) is 0.523. The number of unbranched alkanes of at least 4 members (excludes halogenated alkanes) is 2. The van der Waals surface area contributed by atoms with Crippen molar-refractivity contribution >= 4 is 152 Å². The third kappa shape index (κ3) is 29.6. The number of fused-ring (bicyclic) bond motifs is 4. The number of carboxylic acids is 2. The number of nitrogens with one attached hydrogen (secondary N) is 11. The largest absolute Gasteiger partial charge is 0.508 e. The van der Waals surface area contributed by atoms with Crippen molar-refractivity contribution in [1.82, 2.24) is 87.2 Å². The van der Waals surface area contributed by atoms with Crippen molar-refractivity contribution in [3.05, 3.63) is 102 Å². The number of primary amides is 3. The lowest BCUT2D eigenvalue weighted by Crippen LogP contribution is -2.62. The Bertz CT molecular complexity index is 5190. The molecule has 0 saturated carbocycles. The molecule has 5 heterocycles. The maximum Gasteiger partial charge on any atom is 0.323 e. The van der Waals surface area contributed by atoms with Gasteiger partial charge in [0.15, 0.2) is 0 Å². The third-order valence-corrected chi connectivity index (χ3v) is 24.8. The van der Waals surface area contributed by atoms with Crippen LogP contribution in [0.25, 0.3) is 21.8 Å². The van der Waals surface area contributed by atoms with Gasteiger partial charge in [0.1, 0.15) is 96.9 Å². The van der Waals surface area contributed by atoms with Gasteiger partial charge >= 0.3 is 11.9 Å². The highest BCUT2D eigenvalue weighted by Gasteiger charge is 2.47. The highest BCUT2D eigenvalue weighted by Crippen LogP contribution is 2.29. The van der Waals surface area contributed by atoms with Crippen LogP contribution in [0.2, 0.25) is 0 Å².